The summed E-state index contributed by atoms with van der Waals surface area (Å²) in [4.78, 5) is 2.54. The predicted molar refractivity (Wildman–Crippen MR) is 80.8 cm³/mol. The van der Waals surface area contributed by atoms with Gasteiger partial charge in [-0.3, -0.25) is 4.90 Å². The SMILES string of the molecule is COCCc1ccccc1NC1CCN(C(C)C)C1. The average Bonchev–Trinajstić information content (AvgIpc) is 2.86. The topological polar surface area (TPSA) is 24.5 Å². The lowest BCUT2D eigenvalue weighted by Crippen LogP contribution is -2.31. The molecule has 3 nitrogen and oxygen atoms in total. The molecular formula is C16H26N2O. The summed E-state index contributed by atoms with van der Waals surface area (Å²) in [6, 6.07) is 9.81. The third-order valence-corrected chi connectivity index (χ3v) is 3.90. The quantitative estimate of drug-likeness (QED) is 0.853. The Balaban J connectivity index is 1.95. The van der Waals surface area contributed by atoms with Crippen LogP contribution in [0.25, 0.3) is 0 Å². The fraction of sp³-hybridized carbons (Fsp3) is 0.625. The normalized spacial score (nSPS) is 20.1. The van der Waals surface area contributed by atoms with Gasteiger partial charge in [-0.1, -0.05) is 18.2 Å². The number of benzene rings is 1. The van der Waals surface area contributed by atoms with Crippen molar-refractivity contribution in [3.63, 3.8) is 0 Å². The third kappa shape index (κ3) is 3.95. The standard InChI is InChI=1S/C16H26N2O/c1-13(2)18-10-8-15(12-18)17-16-7-5-4-6-14(16)9-11-19-3/h4-7,13,15,17H,8-12H2,1-3H3. The monoisotopic (exact) mass is 262 g/mol. The van der Waals surface area contributed by atoms with E-state index in [1.165, 1.54) is 24.2 Å². The molecule has 1 N–H and O–H groups in total. The van der Waals surface area contributed by atoms with Crippen LogP contribution in [0.5, 0.6) is 0 Å². The Kier molecular flexibility index (Phi) is 5.23. The highest BCUT2D eigenvalue weighted by atomic mass is 16.5. The van der Waals surface area contributed by atoms with E-state index in [9.17, 15) is 0 Å². The second kappa shape index (κ2) is 6.92. The van der Waals surface area contributed by atoms with Gasteiger partial charge in [0.15, 0.2) is 0 Å². The molecule has 1 unspecified atom stereocenters. The van der Waals surface area contributed by atoms with Crippen molar-refractivity contribution in [3.8, 4) is 0 Å². The van der Waals surface area contributed by atoms with Crippen molar-refractivity contribution in [3.05, 3.63) is 29.8 Å². The molecule has 0 amide bonds. The lowest BCUT2D eigenvalue weighted by molar-refractivity contribution is 0.202. The van der Waals surface area contributed by atoms with Gasteiger partial charge in [0.1, 0.15) is 0 Å². The number of hydrogen-bond acceptors (Lipinski definition) is 3. The van der Waals surface area contributed by atoms with Crippen LogP contribution >= 0.6 is 0 Å². The van der Waals surface area contributed by atoms with Gasteiger partial charge in [-0.15, -0.1) is 0 Å². The van der Waals surface area contributed by atoms with Gasteiger partial charge in [-0.2, -0.15) is 0 Å². The molecule has 19 heavy (non-hydrogen) atoms. The van der Waals surface area contributed by atoms with Crippen LogP contribution in [-0.2, 0) is 11.2 Å². The molecule has 1 saturated heterocycles. The smallest absolute Gasteiger partial charge is 0.0503 e. The molecule has 0 saturated carbocycles. The maximum atomic E-state index is 5.18. The molecule has 3 heteroatoms. The van der Waals surface area contributed by atoms with Crippen LogP contribution in [0.2, 0.25) is 0 Å². The van der Waals surface area contributed by atoms with E-state index < -0.39 is 0 Å². The largest absolute Gasteiger partial charge is 0.384 e. The number of nitrogens with one attached hydrogen (secondary N) is 1. The Hall–Kier alpha value is -1.06. The highest BCUT2D eigenvalue weighted by Gasteiger charge is 2.24. The van der Waals surface area contributed by atoms with Gasteiger partial charge in [0.25, 0.3) is 0 Å². The lowest BCUT2D eigenvalue weighted by atomic mass is 10.1. The molecule has 106 valence electrons. The second-order valence-corrected chi connectivity index (χ2v) is 5.62. The number of para-hydroxylation sites is 1. The Bertz CT molecular complexity index is 392. The average molecular weight is 262 g/mol. The fourth-order valence-corrected chi connectivity index (χ4v) is 2.69. The minimum atomic E-state index is 0.575. The first-order chi connectivity index (χ1) is 9.20. The molecule has 1 heterocycles. The van der Waals surface area contributed by atoms with E-state index in [1.54, 1.807) is 7.11 Å². The van der Waals surface area contributed by atoms with Crippen LogP contribution in [-0.4, -0.2) is 43.8 Å². The first-order valence-electron chi connectivity index (χ1n) is 7.28. The highest BCUT2D eigenvalue weighted by molar-refractivity contribution is 5.52. The molecule has 2 rings (SSSR count). The van der Waals surface area contributed by atoms with Gasteiger partial charge in [0.05, 0.1) is 6.61 Å². The van der Waals surface area contributed by atoms with Gasteiger partial charge in [-0.05, 0) is 38.3 Å². The maximum Gasteiger partial charge on any atom is 0.0503 e. The number of nitrogens with zero attached hydrogens (tertiary/aromatic N) is 1. The maximum absolute atomic E-state index is 5.18. The minimum Gasteiger partial charge on any atom is -0.384 e. The summed E-state index contributed by atoms with van der Waals surface area (Å²) in [7, 11) is 1.76. The predicted octanol–water partition coefficient (Wildman–Crippen LogP) is 2.77. The summed E-state index contributed by atoms with van der Waals surface area (Å²) in [5.41, 5.74) is 2.63. The van der Waals surface area contributed by atoms with Crippen LogP contribution in [0.15, 0.2) is 24.3 Å². The van der Waals surface area contributed by atoms with E-state index in [0.29, 0.717) is 12.1 Å². The summed E-state index contributed by atoms with van der Waals surface area (Å²) in [5, 5.41) is 3.71. The third-order valence-electron chi connectivity index (χ3n) is 3.90. The summed E-state index contributed by atoms with van der Waals surface area (Å²) in [5.74, 6) is 0. The van der Waals surface area contributed by atoms with Crippen molar-refractivity contribution in [2.45, 2.75) is 38.8 Å². The number of methoxy groups -OCH3 is 1. The van der Waals surface area contributed by atoms with Crippen LogP contribution < -0.4 is 5.32 Å². The van der Waals surface area contributed by atoms with E-state index in [0.717, 1.165) is 19.6 Å². The van der Waals surface area contributed by atoms with E-state index >= 15 is 0 Å². The first kappa shape index (κ1) is 14.4. The molecular weight excluding hydrogens is 236 g/mol. The fourth-order valence-electron chi connectivity index (χ4n) is 2.69. The van der Waals surface area contributed by atoms with Crippen LogP contribution in [0, 0.1) is 0 Å². The van der Waals surface area contributed by atoms with E-state index in [2.05, 4.69) is 48.3 Å². The van der Waals surface area contributed by atoms with E-state index in [1.807, 2.05) is 0 Å². The van der Waals surface area contributed by atoms with Gasteiger partial charge in [-0.25, -0.2) is 0 Å². The number of likely N-dealkylation sites (tertiary alicyclic amines) is 1. The molecule has 1 aromatic rings. The zero-order chi connectivity index (χ0) is 13.7. The van der Waals surface area contributed by atoms with Crippen LogP contribution in [0.4, 0.5) is 5.69 Å². The molecule has 0 bridgehead atoms. The molecule has 1 aromatic carbocycles. The number of rotatable bonds is 6. The molecule has 0 aromatic heterocycles. The molecule has 1 atom stereocenters. The number of anilines is 1. The molecule has 1 fully saturated rings. The highest BCUT2D eigenvalue weighted by Crippen LogP contribution is 2.21. The first-order valence-corrected chi connectivity index (χ1v) is 7.28. The van der Waals surface area contributed by atoms with Gasteiger partial charge in [0, 0.05) is 38.0 Å². The lowest BCUT2D eigenvalue weighted by Gasteiger charge is -2.21. The van der Waals surface area contributed by atoms with Crippen molar-refractivity contribution in [1.29, 1.82) is 0 Å². The Labute approximate surface area is 116 Å². The van der Waals surface area contributed by atoms with Crippen LogP contribution in [0.1, 0.15) is 25.8 Å². The Morgan fingerprint density at radius 1 is 1.37 bits per heavy atom. The second-order valence-electron chi connectivity index (χ2n) is 5.62. The zero-order valence-corrected chi connectivity index (χ0v) is 12.4. The minimum absolute atomic E-state index is 0.575. The van der Waals surface area contributed by atoms with E-state index in [-0.39, 0.29) is 0 Å². The van der Waals surface area contributed by atoms with Crippen molar-refractivity contribution in [1.82, 2.24) is 4.90 Å². The Morgan fingerprint density at radius 2 is 2.16 bits per heavy atom. The van der Waals surface area contributed by atoms with Gasteiger partial charge in [0.2, 0.25) is 0 Å². The van der Waals surface area contributed by atoms with Crippen LogP contribution in [0.3, 0.4) is 0 Å². The summed E-state index contributed by atoms with van der Waals surface area (Å²) in [6.45, 7) is 7.68. The number of hydrogen-bond donors (Lipinski definition) is 1. The van der Waals surface area contributed by atoms with Crippen molar-refractivity contribution < 1.29 is 4.74 Å². The summed E-state index contributed by atoms with van der Waals surface area (Å²) in [6.07, 6.45) is 2.21. The molecule has 0 radical (unpaired) electrons. The number of ether oxygens (including phenoxy) is 1. The van der Waals surface area contributed by atoms with Crippen molar-refractivity contribution >= 4 is 5.69 Å². The van der Waals surface area contributed by atoms with Gasteiger partial charge < -0.3 is 10.1 Å². The van der Waals surface area contributed by atoms with Crippen molar-refractivity contribution in [2.75, 3.05) is 32.1 Å². The zero-order valence-electron chi connectivity index (χ0n) is 12.4. The Morgan fingerprint density at radius 3 is 2.84 bits per heavy atom. The summed E-state index contributed by atoms with van der Waals surface area (Å²) >= 11 is 0. The van der Waals surface area contributed by atoms with Crippen molar-refractivity contribution in [2.24, 2.45) is 0 Å². The molecule has 1 aliphatic heterocycles. The molecule has 0 aliphatic carbocycles. The summed E-state index contributed by atoms with van der Waals surface area (Å²) < 4.78 is 5.18. The molecule has 1 aliphatic rings. The van der Waals surface area contributed by atoms with E-state index in [4.69, 9.17) is 4.74 Å². The molecule has 0 spiro atoms. The van der Waals surface area contributed by atoms with Gasteiger partial charge >= 0.3 is 0 Å².